The van der Waals surface area contributed by atoms with Crippen LogP contribution in [0, 0.1) is 6.92 Å². The van der Waals surface area contributed by atoms with Crippen molar-refractivity contribution in [3.8, 4) is 0 Å². The van der Waals surface area contributed by atoms with Crippen LogP contribution in [-0.2, 0) is 0 Å². The van der Waals surface area contributed by atoms with Crippen LogP contribution in [0.25, 0.3) is 0 Å². The molecular weight excluding hydrogens is 260 g/mol. The molecule has 2 aromatic heterocycles. The van der Waals surface area contributed by atoms with Gasteiger partial charge in [0.1, 0.15) is 5.82 Å². The fraction of sp³-hybridized carbons (Fsp3) is 0.417. The van der Waals surface area contributed by atoms with E-state index in [1.54, 1.807) is 17.5 Å². The standard InChI is InChI=1S/C12H16N6S/c1-9-8-15-11(13)16-10(9)17-3-5-18(6-4-17)12-14-2-7-19-12/h2,7-8H,3-6H2,1H3,(H2,13,15,16). The molecule has 0 aliphatic carbocycles. The van der Waals surface area contributed by atoms with Crippen LogP contribution >= 0.6 is 11.3 Å². The zero-order chi connectivity index (χ0) is 13.2. The molecular formula is C12H16N6S. The number of hydrogen-bond acceptors (Lipinski definition) is 7. The first-order chi connectivity index (χ1) is 9.24. The summed E-state index contributed by atoms with van der Waals surface area (Å²) in [7, 11) is 0. The number of rotatable bonds is 2. The van der Waals surface area contributed by atoms with Crippen LogP contribution in [0.5, 0.6) is 0 Å². The fourth-order valence-electron chi connectivity index (χ4n) is 2.25. The topological polar surface area (TPSA) is 71.2 Å². The Hall–Kier alpha value is -1.89. The second-order valence-electron chi connectivity index (χ2n) is 4.52. The van der Waals surface area contributed by atoms with Crippen molar-refractivity contribution in [3.63, 3.8) is 0 Å². The van der Waals surface area contributed by atoms with Crippen molar-refractivity contribution in [2.75, 3.05) is 41.7 Å². The third-order valence-electron chi connectivity index (χ3n) is 3.23. The number of nitrogens with two attached hydrogens (primary N) is 1. The molecule has 0 bridgehead atoms. The van der Waals surface area contributed by atoms with Gasteiger partial charge >= 0.3 is 0 Å². The minimum atomic E-state index is 0.336. The molecule has 1 aliphatic rings. The molecule has 7 heteroatoms. The van der Waals surface area contributed by atoms with Gasteiger partial charge in [-0.25, -0.2) is 9.97 Å². The SMILES string of the molecule is Cc1cnc(N)nc1N1CCN(c2nccs2)CC1. The van der Waals surface area contributed by atoms with E-state index in [0.717, 1.165) is 42.7 Å². The van der Waals surface area contributed by atoms with Gasteiger partial charge in [-0.05, 0) is 6.92 Å². The Labute approximate surface area is 115 Å². The summed E-state index contributed by atoms with van der Waals surface area (Å²) in [6.07, 6.45) is 3.63. The van der Waals surface area contributed by atoms with Crippen molar-refractivity contribution in [1.82, 2.24) is 15.0 Å². The molecule has 0 aromatic carbocycles. The molecule has 1 fully saturated rings. The molecule has 3 rings (SSSR count). The molecule has 0 spiro atoms. The van der Waals surface area contributed by atoms with Crippen LogP contribution < -0.4 is 15.5 Å². The van der Waals surface area contributed by atoms with Crippen LogP contribution in [0.1, 0.15) is 5.56 Å². The number of nitrogens with zero attached hydrogens (tertiary/aromatic N) is 5. The van der Waals surface area contributed by atoms with Crippen molar-refractivity contribution in [2.45, 2.75) is 6.92 Å². The Morgan fingerprint density at radius 1 is 1.16 bits per heavy atom. The van der Waals surface area contributed by atoms with Crippen LogP contribution in [0.15, 0.2) is 17.8 Å². The first-order valence-electron chi connectivity index (χ1n) is 6.22. The molecule has 0 amide bonds. The lowest BCUT2D eigenvalue weighted by molar-refractivity contribution is 0.644. The second kappa shape index (κ2) is 5.00. The van der Waals surface area contributed by atoms with Crippen molar-refractivity contribution in [3.05, 3.63) is 23.3 Å². The summed E-state index contributed by atoms with van der Waals surface area (Å²) in [4.78, 5) is 17.3. The summed E-state index contributed by atoms with van der Waals surface area (Å²) in [5.74, 6) is 1.29. The van der Waals surface area contributed by atoms with Crippen molar-refractivity contribution in [1.29, 1.82) is 0 Å². The van der Waals surface area contributed by atoms with E-state index in [1.807, 2.05) is 18.5 Å². The molecule has 6 nitrogen and oxygen atoms in total. The minimum absolute atomic E-state index is 0.336. The molecule has 0 atom stereocenters. The summed E-state index contributed by atoms with van der Waals surface area (Å²) in [5, 5.41) is 3.11. The maximum absolute atomic E-state index is 5.67. The Bertz CT molecular complexity index is 547. The minimum Gasteiger partial charge on any atom is -0.368 e. The predicted octanol–water partition coefficient (Wildman–Crippen LogP) is 1.15. The zero-order valence-corrected chi connectivity index (χ0v) is 11.6. The summed E-state index contributed by atoms with van der Waals surface area (Å²) in [6, 6.07) is 0. The highest BCUT2D eigenvalue weighted by molar-refractivity contribution is 7.13. The van der Waals surface area contributed by atoms with Crippen LogP contribution in [0.3, 0.4) is 0 Å². The molecule has 1 aliphatic heterocycles. The first-order valence-corrected chi connectivity index (χ1v) is 7.10. The van der Waals surface area contributed by atoms with Gasteiger partial charge in [-0.2, -0.15) is 4.98 Å². The van der Waals surface area contributed by atoms with E-state index in [-0.39, 0.29) is 0 Å². The third-order valence-corrected chi connectivity index (χ3v) is 4.06. The lowest BCUT2D eigenvalue weighted by Crippen LogP contribution is -2.47. The van der Waals surface area contributed by atoms with Crippen LogP contribution in [0.2, 0.25) is 0 Å². The number of thiazole rings is 1. The van der Waals surface area contributed by atoms with Gasteiger partial charge in [-0.1, -0.05) is 0 Å². The summed E-state index contributed by atoms with van der Waals surface area (Å²) in [5.41, 5.74) is 6.74. The molecule has 2 aromatic rings. The maximum Gasteiger partial charge on any atom is 0.221 e. The normalized spacial score (nSPS) is 15.8. The van der Waals surface area contributed by atoms with Crippen LogP contribution in [-0.4, -0.2) is 41.1 Å². The van der Waals surface area contributed by atoms with E-state index < -0.39 is 0 Å². The van der Waals surface area contributed by atoms with E-state index in [1.165, 1.54) is 0 Å². The number of anilines is 3. The first kappa shape index (κ1) is 12.2. The highest BCUT2D eigenvalue weighted by Gasteiger charge is 2.21. The van der Waals surface area contributed by atoms with Gasteiger partial charge in [-0.15, -0.1) is 11.3 Å². The van der Waals surface area contributed by atoms with E-state index in [9.17, 15) is 0 Å². The maximum atomic E-state index is 5.67. The quantitative estimate of drug-likeness (QED) is 0.887. The number of aryl methyl sites for hydroxylation is 1. The second-order valence-corrected chi connectivity index (χ2v) is 5.40. The number of hydrogen-bond donors (Lipinski definition) is 1. The molecule has 19 heavy (non-hydrogen) atoms. The lowest BCUT2D eigenvalue weighted by atomic mass is 10.2. The molecule has 2 N–H and O–H groups in total. The average molecular weight is 276 g/mol. The van der Waals surface area contributed by atoms with E-state index in [0.29, 0.717) is 5.95 Å². The Morgan fingerprint density at radius 2 is 1.89 bits per heavy atom. The van der Waals surface area contributed by atoms with E-state index in [4.69, 9.17) is 5.73 Å². The summed E-state index contributed by atoms with van der Waals surface area (Å²) in [6.45, 7) is 5.78. The highest BCUT2D eigenvalue weighted by Crippen LogP contribution is 2.22. The van der Waals surface area contributed by atoms with Gasteiger partial charge in [0, 0.05) is 49.5 Å². The highest BCUT2D eigenvalue weighted by atomic mass is 32.1. The fourth-order valence-corrected chi connectivity index (χ4v) is 2.94. The Morgan fingerprint density at radius 3 is 2.58 bits per heavy atom. The molecule has 0 unspecified atom stereocenters. The molecule has 100 valence electrons. The molecule has 1 saturated heterocycles. The lowest BCUT2D eigenvalue weighted by Gasteiger charge is -2.35. The monoisotopic (exact) mass is 276 g/mol. The Balaban J connectivity index is 1.71. The van der Waals surface area contributed by atoms with Gasteiger partial charge in [0.25, 0.3) is 0 Å². The van der Waals surface area contributed by atoms with E-state index in [2.05, 4.69) is 24.8 Å². The smallest absolute Gasteiger partial charge is 0.221 e. The molecule has 0 saturated carbocycles. The largest absolute Gasteiger partial charge is 0.368 e. The number of nitrogen functional groups attached to an aromatic ring is 1. The Kier molecular flexibility index (Phi) is 3.20. The van der Waals surface area contributed by atoms with Crippen molar-refractivity contribution >= 4 is 28.2 Å². The van der Waals surface area contributed by atoms with Crippen molar-refractivity contribution in [2.24, 2.45) is 0 Å². The average Bonchev–Trinajstić information content (AvgIpc) is 2.96. The summed E-state index contributed by atoms with van der Waals surface area (Å²) >= 11 is 1.68. The zero-order valence-electron chi connectivity index (χ0n) is 10.8. The number of aromatic nitrogens is 3. The third kappa shape index (κ3) is 2.46. The molecule has 0 radical (unpaired) electrons. The van der Waals surface area contributed by atoms with Crippen molar-refractivity contribution < 1.29 is 0 Å². The van der Waals surface area contributed by atoms with E-state index >= 15 is 0 Å². The predicted molar refractivity (Wildman–Crippen MR) is 77.7 cm³/mol. The van der Waals surface area contributed by atoms with Gasteiger partial charge < -0.3 is 15.5 Å². The van der Waals surface area contributed by atoms with Gasteiger partial charge in [-0.3, -0.25) is 0 Å². The molecule has 3 heterocycles. The van der Waals surface area contributed by atoms with Gasteiger partial charge in [0.15, 0.2) is 5.13 Å². The summed E-state index contributed by atoms with van der Waals surface area (Å²) < 4.78 is 0. The van der Waals surface area contributed by atoms with Gasteiger partial charge in [0.2, 0.25) is 5.95 Å². The van der Waals surface area contributed by atoms with Crippen LogP contribution in [0.4, 0.5) is 16.9 Å². The number of piperazine rings is 1. The van der Waals surface area contributed by atoms with Gasteiger partial charge in [0.05, 0.1) is 0 Å².